The van der Waals surface area contributed by atoms with E-state index in [2.05, 4.69) is 4.98 Å². The number of hydrogen-bond acceptors (Lipinski definition) is 2. The smallest absolute Gasteiger partial charge is 0.218 e. The minimum absolute atomic E-state index is 0.108. The van der Waals surface area contributed by atoms with E-state index in [4.69, 9.17) is 5.73 Å². The van der Waals surface area contributed by atoms with E-state index >= 15 is 0 Å². The lowest BCUT2D eigenvalue weighted by Crippen LogP contribution is -2.15. The molecule has 1 unspecified atom stereocenters. The Morgan fingerprint density at radius 1 is 1.17 bits per heavy atom. The Morgan fingerprint density at radius 2 is 2.00 bits per heavy atom. The summed E-state index contributed by atoms with van der Waals surface area (Å²) >= 11 is 0. The fourth-order valence-electron chi connectivity index (χ4n) is 2.96. The van der Waals surface area contributed by atoms with Crippen molar-refractivity contribution in [3.63, 3.8) is 0 Å². The molecule has 0 aliphatic heterocycles. The number of primary amides is 1. The van der Waals surface area contributed by atoms with Crippen LogP contribution in [0.15, 0.2) is 54.7 Å². The maximum absolute atomic E-state index is 13.4. The summed E-state index contributed by atoms with van der Waals surface area (Å²) in [4.78, 5) is 15.7. The molecule has 1 atom stereocenters. The highest BCUT2D eigenvalue weighted by molar-refractivity contribution is 5.84. The van der Waals surface area contributed by atoms with E-state index in [9.17, 15) is 9.18 Å². The van der Waals surface area contributed by atoms with Gasteiger partial charge in [0.05, 0.1) is 5.52 Å². The Balaban J connectivity index is 1.98. The Labute approximate surface area is 140 Å². The molecule has 122 valence electrons. The zero-order valence-electron chi connectivity index (χ0n) is 13.5. The van der Waals surface area contributed by atoms with E-state index in [-0.39, 0.29) is 17.6 Å². The third kappa shape index (κ3) is 3.43. The zero-order chi connectivity index (χ0) is 17.1. The van der Waals surface area contributed by atoms with Crippen molar-refractivity contribution in [2.45, 2.75) is 25.7 Å². The minimum Gasteiger partial charge on any atom is -0.370 e. The van der Waals surface area contributed by atoms with Crippen LogP contribution in [0, 0.1) is 5.82 Å². The van der Waals surface area contributed by atoms with Gasteiger partial charge in [-0.2, -0.15) is 0 Å². The minimum atomic E-state index is -0.295. The standard InChI is InChI=1S/C20H19FN2O/c1-2-13(11-20(22)24)15-6-7-16-8-17(12-23-19(16)10-15)14-4-3-5-18(21)9-14/h3-10,12-13H,2,11H2,1H3,(H2,22,24). The lowest BCUT2D eigenvalue weighted by atomic mass is 9.92. The highest BCUT2D eigenvalue weighted by atomic mass is 19.1. The second kappa shape index (κ2) is 6.79. The van der Waals surface area contributed by atoms with Crippen molar-refractivity contribution in [1.29, 1.82) is 0 Å². The predicted molar refractivity (Wildman–Crippen MR) is 94.0 cm³/mol. The highest BCUT2D eigenvalue weighted by Gasteiger charge is 2.13. The van der Waals surface area contributed by atoms with E-state index in [1.54, 1.807) is 12.3 Å². The van der Waals surface area contributed by atoms with Gasteiger partial charge in [0.2, 0.25) is 5.91 Å². The number of nitrogens with two attached hydrogens (primary N) is 1. The summed E-state index contributed by atoms with van der Waals surface area (Å²) in [5.41, 5.74) is 8.93. The molecule has 2 aromatic carbocycles. The number of rotatable bonds is 5. The molecule has 1 heterocycles. The molecule has 3 aromatic rings. The average molecular weight is 322 g/mol. The van der Waals surface area contributed by atoms with Gasteiger partial charge in [-0.05, 0) is 47.7 Å². The largest absolute Gasteiger partial charge is 0.370 e. The van der Waals surface area contributed by atoms with E-state index < -0.39 is 0 Å². The van der Waals surface area contributed by atoms with Crippen LogP contribution in [0.3, 0.4) is 0 Å². The van der Waals surface area contributed by atoms with Crippen LogP contribution < -0.4 is 5.73 Å². The van der Waals surface area contributed by atoms with Crippen LogP contribution >= 0.6 is 0 Å². The van der Waals surface area contributed by atoms with Gasteiger partial charge in [-0.15, -0.1) is 0 Å². The van der Waals surface area contributed by atoms with Crippen LogP contribution in [0.25, 0.3) is 22.0 Å². The third-order valence-corrected chi connectivity index (χ3v) is 4.28. The van der Waals surface area contributed by atoms with Gasteiger partial charge < -0.3 is 5.73 Å². The van der Waals surface area contributed by atoms with Crippen molar-refractivity contribution in [2.75, 3.05) is 0 Å². The van der Waals surface area contributed by atoms with Crippen molar-refractivity contribution >= 4 is 16.8 Å². The molecule has 1 aromatic heterocycles. The number of carbonyl (C=O) groups excluding carboxylic acids is 1. The fourth-order valence-corrected chi connectivity index (χ4v) is 2.96. The summed E-state index contributed by atoms with van der Waals surface area (Å²) in [5.74, 6) is -0.451. The van der Waals surface area contributed by atoms with Crippen LogP contribution in [0.5, 0.6) is 0 Å². The van der Waals surface area contributed by atoms with Crippen LogP contribution in [0.4, 0.5) is 4.39 Å². The fraction of sp³-hybridized carbons (Fsp3) is 0.200. The quantitative estimate of drug-likeness (QED) is 0.756. The molecule has 24 heavy (non-hydrogen) atoms. The molecule has 0 bridgehead atoms. The number of hydrogen-bond donors (Lipinski definition) is 1. The molecule has 2 N–H and O–H groups in total. The average Bonchev–Trinajstić information content (AvgIpc) is 2.58. The van der Waals surface area contributed by atoms with Crippen LogP contribution in [-0.4, -0.2) is 10.9 Å². The molecular formula is C20H19FN2O. The molecular weight excluding hydrogens is 303 g/mol. The maximum atomic E-state index is 13.4. The maximum Gasteiger partial charge on any atom is 0.218 e. The van der Waals surface area contributed by atoms with Crippen molar-refractivity contribution in [3.8, 4) is 11.1 Å². The topological polar surface area (TPSA) is 56.0 Å². The number of carbonyl (C=O) groups is 1. The number of benzene rings is 2. The van der Waals surface area contributed by atoms with Crippen molar-refractivity contribution in [3.05, 3.63) is 66.1 Å². The number of pyridine rings is 1. The first-order valence-electron chi connectivity index (χ1n) is 8.00. The van der Waals surface area contributed by atoms with E-state index in [1.807, 2.05) is 37.3 Å². The van der Waals surface area contributed by atoms with Crippen LogP contribution in [0.1, 0.15) is 31.2 Å². The molecule has 0 fully saturated rings. The zero-order valence-corrected chi connectivity index (χ0v) is 13.5. The van der Waals surface area contributed by atoms with Gasteiger partial charge in [0.25, 0.3) is 0 Å². The lowest BCUT2D eigenvalue weighted by molar-refractivity contribution is -0.118. The molecule has 3 nitrogen and oxygen atoms in total. The molecule has 3 rings (SSSR count). The van der Waals surface area contributed by atoms with Gasteiger partial charge in [-0.3, -0.25) is 9.78 Å². The summed E-state index contributed by atoms with van der Waals surface area (Å²) < 4.78 is 13.4. The summed E-state index contributed by atoms with van der Waals surface area (Å²) in [6, 6.07) is 14.5. The first-order chi connectivity index (χ1) is 11.6. The van der Waals surface area contributed by atoms with Gasteiger partial charge in [-0.1, -0.05) is 31.2 Å². The number of fused-ring (bicyclic) bond motifs is 1. The molecule has 0 aliphatic rings. The molecule has 0 spiro atoms. The van der Waals surface area contributed by atoms with Crippen LogP contribution in [0.2, 0.25) is 0 Å². The van der Waals surface area contributed by atoms with E-state index in [0.717, 1.165) is 34.0 Å². The summed E-state index contributed by atoms with van der Waals surface area (Å²) in [7, 11) is 0. The Bertz CT molecular complexity index is 892. The van der Waals surface area contributed by atoms with Crippen molar-refractivity contribution in [1.82, 2.24) is 4.98 Å². The van der Waals surface area contributed by atoms with Crippen molar-refractivity contribution < 1.29 is 9.18 Å². The first kappa shape index (κ1) is 16.1. The lowest BCUT2D eigenvalue weighted by Gasteiger charge is -2.14. The number of aromatic nitrogens is 1. The Hall–Kier alpha value is -2.75. The van der Waals surface area contributed by atoms with Crippen molar-refractivity contribution in [2.24, 2.45) is 5.73 Å². The van der Waals surface area contributed by atoms with Gasteiger partial charge in [0.15, 0.2) is 0 Å². The van der Waals surface area contributed by atoms with Gasteiger partial charge in [0, 0.05) is 23.6 Å². The SMILES string of the molecule is CCC(CC(N)=O)c1ccc2cc(-c3cccc(F)c3)cnc2c1. The van der Waals surface area contributed by atoms with Gasteiger partial charge >= 0.3 is 0 Å². The monoisotopic (exact) mass is 322 g/mol. The number of amides is 1. The Morgan fingerprint density at radius 3 is 2.71 bits per heavy atom. The van der Waals surface area contributed by atoms with Gasteiger partial charge in [-0.25, -0.2) is 4.39 Å². The summed E-state index contributed by atoms with van der Waals surface area (Å²) in [6.45, 7) is 2.04. The second-order valence-electron chi connectivity index (χ2n) is 5.96. The van der Waals surface area contributed by atoms with Crippen LogP contribution in [-0.2, 0) is 4.79 Å². The third-order valence-electron chi connectivity index (χ3n) is 4.28. The Kier molecular flexibility index (Phi) is 4.56. The molecule has 1 amide bonds. The van der Waals surface area contributed by atoms with E-state index in [0.29, 0.717) is 6.42 Å². The van der Waals surface area contributed by atoms with E-state index in [1.165, 1.54) is 12.1 Å². The first-order valence-corrected chi connectivity index (χ1v) is 8.00. The molecule has 0 aliphatic carbocycles. The normalized spacial score (nSPS) is 12.2. The molecule has 0 saturated heterocycles. The highest BCUT2D eigenvalue weighted by Crippen LogP contribution is 2.28. The molecule has 4 heteroatoms. The number of halogens is 1. The molecule has 0 saturated carbocycles. The summed E-state index contributed by atoms with van der Waals surface area (Å²) in [6.07, 6.45) is 2.93. The molecule has 0 radical (unpaired) electrons. The summed E-state index contributed by atoms with van der Waals surface area (Å²) in [5, 5.41) is 0.981. The predicted octanol–water partition coefficient (Wildman–Crippen LogP) is 4.41. The number of nitrogens with zero attached hydrogens (tertiary/aromatic N) is 1. The second-order valence-corrected chi connectivity index (χ2v) is 5.96. The van der Waals surface area contributed by atoms with Gasteiger partial charge in [0.1, 0.15) is 5.82 Å².